The number of fused-ring (bicyclic) bond motifs is 4. The van der Waals surface area contributed by atoms with Gasteiger partial charge in [0.15, 0.2) is 5.82 Å². The molecular weight excluding hydrogens is 716 g/mol. The van der Waals surface area contributed by atoms with Crippen LogP contribution in [0.1, 0.15) is 87.3 Å². The SMILES string of the molecule is Cc1sc2c(c1C)C(c1ccc(Cl)cc1)=N[C@@H](CC(=O)NCCCOCCCNc1cccc3c1CN(C1CCC(=O)NC1=O)C3=O)c1nnc(C)n1-2. The molecule has 0 radical (unpaired) electrons. The molecule has 3 N–H and O–H groups in total. The number of halogens is 1. The Kier molecular flexibility index (Phi) is 10.7. The Balaban J connectivity index is 0.880. The van der Waals surface area contributed by atoms with Crippen LogP contribution >= 0.6 is 22.9 Å². The molecule has 5 heterocycles. The standard InChI is InChI=1S/C38H41ClN8O5S/c1-21-22(2)53-38-33(21)34(24-9-11-25(39)12-10-24)42-29(35-45-44-23(3)47(35)38)19-32(49)41-16-6-18-52-17-5-15-40-28-8-4-7-26-27(28)20-46(37(26)51)30-13-14-31(48)43-36(30)50/h4,7-12,29-30,40H,5-6,13-20H2,1-3H3,(H,41,49)(H,43,48,50)/t29-,30?/m0/s1. The minimum atomic E-state index is -0.647. The molecule has 0 aliphatic carbocycles. The monoisotopic (exact) mass is 756 g/mol. The number of nitrogens with zero attached hydrogens (tertiary/aromatic N) is 5. The van der Waals surface area contributed by atoms with Crippen molar-refractivity contribution in [2.45, 2.75) is 71.5 Å². The molecule has 4 aromatic rings. The molecule has 0 bridgehead atoms. The Morgan fingerprint density at radius 2 is 1.81 bits per heavy atom. The van der Waals surface area contributed by atoms with Crippen molar-refractivity contribution in [1.29, 1.82) is 0 Å². The molecule has 276 valence electrons. The molecule has 1 saturated heterocycles. The molecule has 1 unspecified atom stereocenters. The van der Waals surface area contributed by atoms with Crippen LogP contribution in [0, 0.1) is 20.8 Å². The van der Waals surface area contributed by atoms with Gasteiger partial charge in [0.05, 0.1) is 12.1 Å². The Bertz CT molecular complexity index is 2110. The summed E-state index contributed by atoms with van der Waals surface area (Å²) in [7, 11) is 0. The Labute approximate surface area is 316 Å². The third kappa shape index (κ3) is 7.48. The van der Waals surface area contributed by atoms with Crippen molar-refractivity contribution in [3.63, 3.8) is 0 Å². The Morgan fingerprint density at radius 3 is 2.58 bits per heavy atom. The summed E-state index contributed by atoms with van der Waals surface area (Å²) >= 11 is 7.89. The van der Waals surface area contributed by atoms with Crippen LogP contribution in [-0.4, -0.2) is 81.3 Å². The zero-order valence-electron chi connectivity index (χ0n) is 29.8. The van der Waals surface area contributed by atoms with Crippen molar-refractivity contribution >= 4 is 58.0 Å². The smallest absolute Gasteiger partial charge is 0.255 e. The first-order valence-electron chi connectivity index (χ1n) is 17.8. The predicted molar refractivity (Wildman–Crippen MR) is 202 cm³/mol. The number of hydrogen-bond donors (Lipinski definition) is 3. The number of carbonyl (C=O) groups is 4. The number of thiophene rings is 1. The summed E-state index contributed by atoms with van der Waals surface area (Å²) in [5, 5.41) is 19.3. The second-order valence-corrected chi connectivity index (χ2v) is 15.1. The minimum absolute atomic E-state index is 0.120. The van der Waals surface area contributed by atoms with Crippen LogP contribution < -0.4 is 16.0 Å². The summed E-state index contributed by atoms with van der Waals surface area (Å²) in [6.45, 7) is 8.54. The summed E-state index contributed by atoms with van der Waals surface area (Å²) in [5.41, 5.74) is 6.16. The van der Waals surface area contributed by atoms with Crippen LogP contribution in [0.2, 0.25) is 5.02 Å². The lowest BCUT2D eigenvalue weighted by Gasteiger charge is -2.29. The molecule has 3 aliphatic rings. The average molecular weight is 757 g/mol. The number of anilines is 1. The van der Waals surface area contributed by atoms with Crippen LogP contribution in [0.3, 0.4) is 0 Å². The Morgan fingerprint density at radius 1 is 1.04 bits per heavy atom. The number of ether oxygens (including phenoxy) is 1. The van der Waals surface area contributed by atoms with Crippen molar-refractivity contribution in [3.8, 4) is 5.00 Å². The van der Waals surface area contributed by atoms with Gasteiger partial charge in [-0.3, -0.25) is 34.1 Å². The van der Waals surface area contributed by atoms with Gasteiger partial charge in [0.2, 0.25) is 17.7 Å². The minimum Gasteiger partial charge on any atom is -0.385 e. The number of carbonyl (C=O) groups excluding carboxylic acids is 4. The molecule has 13 nitrogen and oxygen atoms in total. The van der Waals surface area contributed by atoms with Crippen molar-refractivity contribution < 1.29 is 23.9 Å². The molecule has 0 saturated carbocycles. The number of aliphatic imine (C=N–C) groups is 1. The molecule has 0 spiro atoms. The molecule has 4 amide bonds. The summed E-state index contributed by atoms with van der Waals surface area (Å²) in [6.07, 6.45) is 2.06. The van der Waals surface area contributed by atoms with E-state index in [0.29, 0.717) is 62.1 Å². The van der Waals surface area contributed by atoms with E-state index in [-0.39, 0.29) is 30.6 Å². The first-order valence-corrected chi connectivity index (χ1v) is 19.0. The van der Waals surface area contributed by atoms with Crippen molar-refractivity contribution in [3.05, 3.63) is 91.8 Å². The normalized spacial score (nSPS) is 17.8. The summed E-state index contributed by atoms with van der Waals surface area (Å²) in [5.74, 6) is 0.327. The van der Waals surface area contributed by atoms with E-state index >= 15 is 0 Å². The van der Waals surface area contributed by atoms with Crippen LogP contribution in [0.15, 0.2) is 47.5 Å². The van der Waals surface area contributed by atoms with Gasteiger partial charge in [0.1, 0.15) is 22.9 Å². The van der Waals surface area contributed by atoms with E-state index in [0.717, 1.165) is 50.9 Å². The lowest BCUT2D eigenvalue weighted by molar-refractivity contribution is -0.137. The maximum atomic E-state index is 13.3. The van der Waals surface area contributed by atoms with E-state index in [1.807, 2.05) is 47.9 Å². The van der Waals surface area contributed by atoms with E-state index in [1.54, 1.807) is 22.3 Å². The predicted octanol–water partition coefficient (Wildman–Crippen LogP) is 4.98. The largest absolute Gasteiger partial charge is 0.385 e. The molecule has 1 fully saturated rings. The van der Waals surface area contributed by atoms with Crippen molar-refractivity contribution in [2.24, 2.45) is 4.99 Å². The van der Waals surface area contributed by atoms with Gasteiger partial charge in [0.25, 0.3) is 5.91 Å². The number of imide groups is 1. The molecule has 2 aromatic carbocycles. The van der Waals surface area contributed by atoms with E-state index < -0.39 is 18.0 Å². The third-order valence-corrected chi connectivity index (χ3v) is 11.3. The van der Waals surface area contributed by atoms with Gasteiger partial charge in [-0.05, 0) is 69.9 Å². The highest BCUT2D eigenvalue weighted by atomic mass is 35.5. The zero-order valence-corrected chi connectivity index (χ0v) is 31.4. The first kappa shape index (κ1) is 36.4. The number of nitrogens with one attached hydrogen (secondary N) is 3. The molecular formula is C38H41ClN8O5S. The molecule has 3 aliphatic heterocycles. The lowest BCUT2D eigenvalue weighted by Crippen LogP contribution is -2.52. The van der Waals surface area contributed by atoms with Gasteiger partial charge >= 0.3 is 0 Å². The van der Waals surface area contributed by atoms with Gasteiger partial charge in [-0.15, -0.1) is 21.5 Å². The number of aromatic nitrogens is 3. The van der Waals surface area contributed by atoms with E-state index in [4.69, 9.17) is 21.3 Å². The van der Waals surface area contributed by atoms with Crippen molar-refractivity contribution in [2.75, 3.05) is 31.6 Å². The Hall–Kier alpha value is -4.92. The molecule has 7 rings (SSSR count). The average Bonchev–Trinajstić information content (AvgIpc) is 3.75. The van der Waals surface area contributed by atoms with Gasteiger partial charge in [-0.1, -0.05) is 29.8 Å². The van der Waals surface area contributed by atoms with Crippen LogP contribution in [0.5, 0.6) is 0 Å². The first-order chi connectivity index (χ1) is 25.6. The fourth-order valence-electron chi connectivity index (χ4n) is 7.03. The van der Waals surface area contributed by atoms with Gasteiger partial charge in [0, 0.05) is 77.1 Å². The van der Waals surface area contributed by atoms with Gasteiger partial charge in [-0.2, -0.15) is 0 Å². The van der Waals surface area contributed by atoms with E-state index in [2.05, 4.69) is 40.0 Å². The number of aryl methyl sites for hydroxylation is 2. The van der Waals surface area contributed by atoms with Crippen LogP contribution in [-0.2, 0) is 25.7 Å². The molecule has 2 atom stereocenters. The summed E-state index contributed by atoms with van der Waals surface area (Å²) in [6, 6.07) is 12.0. The lowest BCUT2D eigenvalue weighted by atomic mass is 9.99. The number of benzene rings is 2. The number of hydrogen-bond acceptors (Lipinski definition) is 10. The van der Waals surface area contributed by atoms with Gasteiger partial charge in [-0.25, -0.2) is 0 Å². The quantitative estimate of drug-likeness (QED) is 0.127. The molecule has 2 aromatic heterocycles. The maximum absolute atomic E-state index is 13.3. The van der Waals surface area contributed by atoms with E-state index in [1.165, 1.54) is 4.88 Å². The zero-order chi connectivity index (χ0) is 37.2. The topological polar surface area (TPSA) is 160 Å². The molecule has 15 heteroatoms. The third-order valence-electron chi connectivity index (χ3n) is 9.89. The molecule has 53 heavy (non-hydrogen) atoms. The summed E-state index contributed by atoms with van der Waals surface area (Å²) < 4.78 is 7.87. The van der Waals surface area contributed by atoms with Gasteiger partial charge < -0.3 is 20.3 Å². The number of piperidine rings is 1. The summed E-state index contributed by atoms with van der Waals surface area (Å²) in [4.78, 5) is 58.2. The maximum Gasteiger partial charge on any atom is 0.255 e. The van der Waals surface area contributed by atoms with Crippen LogP contribution in [0.4, 0.5) is 5.69 Å². The van der Waals surface area contributed by atoms with E-state index in [9.17, 15) is 19.2 Å². The second kappa shape index (κ2) is 15.6. The second-order valence-electron chi connectivity index (χ2n) is 13.4. The van der Waals surface area contributed by atoms with Crippen molar-refractivity contribution in [1.82, 2.24) is 30.3 Å². The van der Waals surface area contributed by atoms with Crippen LogP contribution in [0.25, 0.3) is 5.00 Å². The highest BCUT2D eigenvalue weighted by Gasteiger charge is 2.40. The highest BCUT2D eigenvalue weighted by molar-refractivity contribution is 7.15. The fourth-order valence-corrected chi connectivity index (χ4v) is 8.37. The fraction of sp³-hybridized carbons (Fsp3) is 0.395. The number of amides is 4. The highest BCUT2D eigenvalue weighted by Crippen LogP contribution is 2.39. The number of rotatable bonds is 13.